The van der Waals surface area contributed by atoms with Crippen LogP contribution in [0.2, 0.25) is 5.02 Å². The van der Waals surface area contributed by atoms with Crippen molar-refractivity contribution >= 4 is 34.9 Å². The molecule has 2 aromatic rings. The first-order valence-electron chi connectivity index (χ1n) is 9.12. The Balaban J connectivity index is 1.93. The molecule has 3 rings (SSSR count). The van der Waals surface area contributed by atoms with Crippen LogP contribution in [0.25, 0.3) is 0 Å². The zero-order chi connectivity index (χ0) is 20.3. The van der Waals surface area contributed by atoms with Crippen molar-refractivity contribution in [3.63, 3.8) is 0 Å². The minimum atomic E-state index is -0.450. The molecule has 1 saturated heterocycles. The Morgan fingerprint density at radius 2 is 1.79 bits per heavy atom. The summed E-state index contributed by atoms with van der Waals surface area (Å²) < 4.78 is 4.82. The third-order valence-electron chi connectivity index (χ3n) is 4.88. The first-order valence-corrected chi connectivity index (χ1v) is 9.50. The van der Waals surface area contributed by atoms with Crippen LogP contribution in [0, 0.1) is 6.92 Å². The lowest BCUT2D eigenvalue weighted by molar-refractivity contribution is 0.0600. The summed E-state index contributed by atoms with van der Waals surface area (Å²) in [6.45, 7) is 5.44. The average molecular weight is 402 g/mol. The van der Waals surface area contributed by atoms with E-state index in [2.05, 4.69) is 22.2 Å². The fourth-order valence-electron chi connectivity index (χ4n) is 3.20. The maximum absolute atomic E-state index is 12.8. The van der Waals surface area contributed by atoms with Crippen LogP contribution in [0.1, 0.15) is 26.3 Å². The molecule has 0 unspecified atom stereocenters. The van der Waals surface area contributed by atoms with Gasteiger partial charge in [-0.1, -0.05) is 17.7 Å². The van der Waals surface area contributed by atoms with Crippen molar-refractivity contribution in [2.24, 2.45) is 0 Å². The third-order valence-corrected chi connectivity index (χ3v) is 5.19. The monoisotopic (exact) mass is 401 g/mol. The summed E-state index contributed by atoms with van der Waals surface area (Å²) in [5.41, 5.74) is 3.18. The van der Waals surface area contributed by atoms with E-state index >= 15 is 0 Å². The van der Waals surface area contributed by atoms with Gasteiger partial charge in [-0.25, -0.2) is 4.79 Å². The summed E-state index contributed by atoms with van der Waals surface area (Å²) >= 11 is 6.25. The van der Waals surface area contributed by atoms with Crippen LogP contribution in [0.15, 0.2) is 36.4 Å². The molecule has 1 fully saturated rings. The molecule has 1 heterocycles. The van der Waals surface area contributed by atoms with E-state index in [-0.39, 0.29) is 5.91 Å². The van der Waals surface area contributed by atoms with Crippen LogP contribution in [-0.4, -0.2) is 57.1 Å². The SMILES string of the molecule is COC(=O)c1ccc(N2CCN(C)CC2)c(NC(=O)c2ccc(C)cc2Cl)c1. The first-order chi connectivity index (χ1) is 13.4. The predicted octanol–water partition coefficient (Wildman–Crippen LogP) is 3.44. The lowest BCUT2D eigenvalue weighted by Crippen LogP contribution is -2.44. The van der Waals surface area contributed by atoms with Gasteiger partial charge in [0.05, 0.1) is 34.6 Å². The van der Waals surface area contributed by atoms with Gasteiger partial charge in [0.2, 0.25) is 0 Å². The molecule has 1 N–H and O–H groups in total. The van der Waals surface area contributed by atoms with Gasteiger partial charge in [-0.15, -0.1) is 0 Å². The second-order valence-corrected chi connectivity index (χ2v) is 7.36. The normalized spacial score (nSPS) is 14.6. The van der Waals surface area contributed by atoms with Crippen LogP contribution >= 0.6 is 11.6 Å². The van der Waals surface area contributed by atoms with Crippen LogP contribution < -0.4 is 10.2 Å². The van der Waals surface area contributed by atoms with E-state index in [1.54, 1.807) is 24.3 Å². The van der Waals surface area contributed by atoms with Crippen molar-refractivity contribution in [1.29, 1.82) is 0 Å². The van der Waals surface area contributed by atoms with Crippen LogP contribution in [0.3, 0.4) is 0 Å². The number of methoxy groups -OCH3 is 1. The Labute approximate surface area is 170 Å². The zero-order valence-electron chi connectivity index (χ0n) is 16.3. The molecule has 0 radical (unpaired) electrons. The number of benzene rings is 2. The van der Waals surface area contributed by atoms with Crippen molar-refractivity contribution in [3.8, 4) is 0 Å². The van der Waals surface area contributed by atoms with Gasteiger partial charge in [0.1, 0.15) is 0 Å². The highest BCUT2D eigenvalue weighted by atomic mass is 35.5. The number of piperazine rings is 1. The summed E-state index contributed by atoms with van der Waals surface area (Å²) in [7, 11) is 3.42. The number of hydrogen-bond donors (Lipinski definition) is 1. The van der Waals surface area contributed by atoms with Gasteiger partial charge in [-0.05, 0) is 49.9 Å². The number of nitrogens with one attached hydrogen (secondary N) is 1. The number of amides is 1. The largest absolute Gasteiger partial charge is 0.465 e. The van der Waals surface area contributed by atoms with Gasteiger partial charge >= 0.3 is 5.97 Å². The number of ether oxygens (including phenoxy) is 1. The minimum Gasteiger partial charge on any atom is -0.465 e. The fourth-order valence-corrected chi connectivity index (χ4v) is 3.52. The third kappa shape index (κ3) is 4.46. The Morgan fingerprint density at radius 1 is 1.07 bits per heavy atom. The Bertz CT molecular complexity index is 892. The van der Waals surface area contributed by atoms with Gasteiger partial charge in [0.15, 0.2) is 0 Å². The Hall–Kier alpha value is -2.57. The maximum atomic E-state index is 12.8. The van der Waals surface area contributed by atoms with Gasteiger partial charge < -0.3 is 19.9 Å². The highest BCUT2D eigenvalue weighted by Gasteiger charge is 2.21. The molecular formula is C21H24ClN3O3. The average Bonchev–Trinajstić information content (AvgIpc) is 2.68. The van der Waals surface area contributed by atoms with E-state index in [1.165, 1.54) is 7.11 Å². The summed E-state index contributed by atoms with van der Waals surface area (Å²) in [4.78, 5) is 29.3. The van der Waals surface area contributed by atoms with Gasteiger partial charge in [0.25, 0.3) is 5.91 Å². The number of nitrogens with zero attached hydrogens (tertiary/aromatic N) is 2. The lowest BCUT2D eigenvalue weighted by atomic mass is 10.1. The number of anilines is 2. The topological polar surface area (TPSA) is 61.9 Å². The summed E-state index contributed by atoms with van der Waals surface area (Å²) in [6.07, 6.45) is 0. The quantitative estimate of drug-likeness (QED) is 0.795. The number of hydrogen-bond acceptors (Lipinski definition) is 5. The number of aryl methyl sites for hydroxylation is 1. The van der Waals surface area contributed by atoms with E-state index in [9.17, 15) is 9.59 Å². The molecule has 148 valence electrons. The van der Waals surface area contributed by atoms with Gasteiger partial charge in [0, 0.05) is 26.2 Å². The van der Waals surface area contributed by atoms with Crippen molar-refractivity contribution in [2.45, 2.75) is 6.92 Å². The molecule has 2 aromatic carbocycles. The van der Waals surface area contributed by atoms with Gasteiger partial charge in [-0.2, -0.15) is 0 Å². The number of esters is 1. The molecule has 1 amide bonds. The second kappa shape index (κ2) is 8.63. The summed E-state index contributed by atoms with van der Waals surface area (Å²) in [5.74, 6) is -0.767. The maximum Gasteiger partial charge on any atom is 0.337 e. The molecular weight excluding hydrogens is 378 g/mol. The molecule has 0 spiro atoms. The number of carbonyl (C=O) groups excluding carboxylic acids is 2. The van der Waals surface area contributed by atoms with Crippen LogP contribution in [0.5, 0.6) is 0 Å². The number of carbonyl (C=O) groups is 2. The molecule has 7 heteroatoms. The van der Waals surface area contributed by atoms with E-state index < -0.39 is 5.97 Å². The van der Waals surface area contributed by atoms with Crippen molar-refractivity contribution < 1.29 is 14.3 Å². The highest BCUT2D eigenvalue weighted by Crippen LogP contribution is 2.30. The minimum absolute atomic E-state index is 0.317. The smallest absolute Gasteiger partial charge is 0.337 e. The molecule has 0 saturated carbocycles. The van der Waals surface area contributed by atoms with Crippen LogP contribution in [-0.2, 0) is 4.74 Å². The molecule has 0 bridgehead atoms. The van der Waals surface area contributed by atoms with Gasteiger partial charge in [-0.3, -0.25) is 4.79 Å². The van der Waals surface area contributed by atoms with E-state index in [0.717, 1.165) is 37.4 Å². The summed E-state index contributed by atoms with van der Waals surface area (Å²) in [5, 5.41) is 3.32. The van der Waals surface area contributed by atoms with Crippen molar-refractivity contribution in [2.75, 3.05) is 50.6 Å². The highest BCUT2D eigenvalue weighted by molar-refractivity contribution is 6.34. The molecule has 28 heavy (non-hydrogen) atoms. The first kappa shape index (κ1) is 20.2. The van der Waals surface area contributed by atoms with Crippen LogP contribution in [0.4, 0.5) is 11.4 Å². The molecule has 1 aliphatic heterocycles. The molecule has 0 atom stereocenters. The lowest BCUT2D eigenvalue weighted by Gasteiger charge is -2.35. The zero-order valence-corrected chi connectivity index (χ0v) is 17.0. The molecule has 1 aliphatic rings. The second-order valence-electron chi connectivity index (χ2n) is 6.95. The number of likely N-dealkylation sites (N-methyl/N-ethyl adjacent to an activating group) is 1. The van der Waals surface area contributed by atoms with Crippen molar-refractivity contribution in [3.05, 3.63) is 58.1 Å². The number of halogens is 1. The number of rotatable bonds is 4. The Kier molecular flexibility index (Phi) is 6.21. The van der Waals surface area contributed by atoms with Crippen molar-refractivity contribution in [1.82, 2.24) is 4.90 Å². The molecule has 0 aromatic heterocycles. The van der Waals surface area contributed by atoms with E-state index in [0.29, 0.717) is 21.8 Å². The molecule has 6 nitrogen and oxygen atoms in total. The fraction of sp³-hybridized carbons (Fsp3) is 0.333. The summed E-state index contributed by atoms with van der Waals surface area (Å²) in [6, 6.07) is 10.5. The van der Waals surface area contributed by atoms with E-state index in [4.69, 9.17) is 16.3 Å². The predicted molar refractivity (Wildman–Crippen MR) is 112 cm³/mol. The Morgan fingerprint density at radius 3 is 2.43 bits per heavy atom. The standard InChI is InChI=1S/C21H24ClN3O3/c1-14-4-6-16(17(22)12-14)20(26)23-18-13-15(21(27)28-3)5-7-19(18)25-10-8-24(2)9-11-25/h4-7,12-13H,8-11H2,1-3H3,(H,23,26). The van der Waals surface area contributed by atoms with E-state index in [1.807, 2.05) is 19.1 Å². The molecule has 0 aliphatic carbocycles.